The Bertz CT molecular complexity index is 1610. The highest BCUT2D eigenvalue weighted by Gasteiger charge is 2.36. The standard InChI is InChI=1S/C22H10N4O4S3/c27-19-13-3-1-2-4-14(13)20(28)25(19)11-5-7-15-17(9-11)31-21(23-15)33-22-24-16-8-6-12(26(29)30)10-18(16)32-22/h1-10H. The molecule has 2 amide bonds. The van der Waals surface area contributed by atoms with E-state index in [1.54, 1.807) is 48.5 Å². The topological polar surface area (TPSA) is 106 Å². The van der Waals surface area contributed by atoms with E-state index in [1.807, 2.05) is 0 Å². The first-order valence-corrected chi connectivity index (χ1v) is 12.0. The van der Waals surface area contributed by atoms with Crippen LogP contribution in [0.3, 0.4) is 0 Å². The Labute approximate surface area is 197 Å². The number of nitrogens with zero attached hydrogens (tertiary/aromatic N) is 4. The summed E-state index contributed by atoms with van der Waals surface area (Å²) in [6.07, 6.45) is 0. The Kier molecular flexibility index (Phi) is 4.50. The number of fused-ring (bicyclic) bond motifs is 3. The molecule has 0 N–H and O–H groups in total. The summed E-state index contributed by atoms with van der Waals surface area (Å²) in [4.78, 5) is 46.5. The first-order chi connectivity index (χ1) is 16.0. The van der Waals surface area contributed by atoms with E-state index in [-0.39, 0.29) is 17.5 Å². The van der Waals surface area contributed by atoms with E-state index in [9.17, 15) is 19.7 Å². The molecule has 3 heterocycles. The van der Waals surface area contributed by atoms with Crippen molar-refractivity contribution in [3.05, 3.63) is 81.9 Å². The van der Waals surface area contributed by atoms with Gasteiger partial charge in [-0.3, -0.25) is 19.7 Å². The summed E-state index contributed by atoms with van der Waals surface area (Å²) in [5.41, 5.74) is 2.78. The molecule has 0 spiro atoms. The van der Waals surface area contributed by atoms with Gasteiger partial charge in [-0.15, -0.1) is 22.7 Å². The third-order valence-electron chi connectivity index (χ3n) is 5.14. The van der Waals surface area contributed by atoms with E-state index in [0.29, 0.717) is 22.3 Å². The lowest BCUT2D eigenvalue weighted by Crippen LogP contribution is -2.29. The molecule has 0 saturated heterocycles. The molecule has 0 radical (unpaired) electrons. The summed E-state index contributed by atoms with van der Waals surface area (Å²) in [7, 11) is 0. The smallest absolute Gasteiger partial charge is 0.268 e. The van der Waals surface area contributed by atoms with E-state index in [0.717, 1.165) is 23.6 Å². The van der Waals surface area contributed by atoms with Crippen LogP contribution in [0.5, 0.6) is 0 Å². The molecule has 0 unspecified atom stereocenters. The maximum atomic E-state index is 12.8. The van der Waals surface area contributed by atoms with Crippen LogP contribution >= 0.6 is 34.4 Å². The number of imide groups is 1. The number of benzene rings is 3. The molecule has 0 atom stereocenters. The second-order valence-corrected chi connectivity index (χ2v) is 10.7. The molecule has 33 heavy (non-hydrogen) atoms. The van der Waals surface area contributed by atoms with Crippen LogP contribution in [0.1, 0.15) is 20.7 Å². The predicted octanol–water partition coefficient (Wildman–Crippen LogP) is 5.77. The van der Waals surface area contributed by atoms with Gasteiger partial charge in [0.1, 0.15) is 0 Å². The van der Waals surface area contributed by atoms with Gasteiger partial charge in [0, 0.05) is 12.1 Å². The van der Waals surface area contributed by atoms with E-state index >= 15 is 0 Å². The second-order valence-electron chi connectivity index (χ2n) is 7.11. The number of carbonyl (C=O) groups is 2. The van der Waals surface area contributed by atoms with E-state index in [2.05, 4.69) is 9.97 Å². The lowest BCUT2D eigenvalue weighted by Gasteiger charge is -2.13. The fourth-order valence-electron chi connectivity index (χ4n) is 3.62. The number of rotatable bonds is 4. The number of hydrogen-bond acceptors (Lipinski definition) is 9. The molecule has 5 aromatic rings. The Morgan fingerprint density at radius 2 is 1.39 bits per heavy atom. The molecule has 0 fully saturated rings. The zero-order valence-electron chi connectivity index (χ0n) is 16.4. The van der Waals surface area contributed by atoms with Crippen LogP contribution in [0, 0.1) is 10.1 Å². The summed E-state index contributed by atoms with van der Waals surface area (Å²) in [5.74, 6) is -0.671. The molecule has 1 aliphatic rings. The molecular weight excluding hydrogens is 480 g/mol. The summed E-state index contributed by atoms with van der Waals surface area (Å²) in [5, 5.41) is 11.0. The molecule has 0 saturated carbocycles. The number of hydrogen-bond donors (Lipinski definition) is 0. The normalized spacial score (nSPS) is 13.3. The van der Waals surface area contributed by atoms with Crippen LogP contribution in [0.2, 0.25) is 0 Å². The predicted molar refractivity (Wildman–Crippen MR) is 128 cm³/mol. The van der Waals surface area contributed by atoms with E-state index in [4.69, 9.17) is 0 Å². The highest BCUT2D eigenvalue weighted by atomic mass is 32.2. The molecule has 8 nitrogen and oxygen atoms in total. The maximum absolute atomic E-state index is 12.8. The highest BCUT2D eigenvalue weighted by molar-refractivity contribution is 8.02. The SMILES string of the molecule is O=C1c2ccccc2C(=O)N1c1ccc2nc(Sc3nc4ccc([N+](=O)[O-])cc4s3)sc2c1. The zero-order chi connectivity index (χ0) is 22.7. The lowest BCUT2D eigenvalue weighted by molar-refractivity contribution is -0.384. The third-order valence-corrected chi connectivity index (χ3v) is 8.30. The Balaban J connectivity index is 1.31. The Hall–Kier alpha value is -3.67. The van der Waals surface area contributed by atoms with E-state index < -0.39 is 4.92 Å². The number of carbonyl (C=O) groups excluding carboxylic acids is 2. The van der Waals surface area contributed by atoms with Gasteiger partial charge in [0.25, 0.3) is 17.5 Å². The van der Waals surface area contributed by atoms with Gasteiger partial charge in [-0.1, -0.05) is 12.1 Å². The molecule has 160 valence electrons. The van der Waals surface area contributed by atoms with Gasteiger partial charge in [-0.2, -0.15) is 0 Å². The molecule has 3 aromatic carbocycles. The van der Waals surface area contributed by atoms with Crippen molar-refractivity contribution < 1.29 is 14.5 Å². The van der Waals surface area contributed by atoms with Crippen molar-refractivity contribution in [2.75, 3.05) is 4.90 Å². The molecule has 2 aromatic heterocycles. The van der Waals surface area contributed by atoms with Crippen molar-refractivity contribution in [2.45, 2.75) is 8.68 Å². The van der Waals surface area contributed by atoms with Gasteiger partial charge < -0.3 is 0 Å². The van der Waals surface area contributed by atoms with Crippen molar-refractivity contribution in [1.82, 2.24) is 9.97 Å². The molecule has 6 rings (SSSR count). The van der Waals surface area contributed by atoms with Crippen molar-refractivity contribution >= 4 is 78.1 Å². The maximum Gasteiger partial charge on any atom is 0.270 e. The quantitative estimate of drug-likeness (QED) is 0.179. The van der Waals surface area contributed by atoms with Crippen molar-refractivity contribution in [2.24, 2.45) is 0 Å². The minimum absolute atomic E-state index is 0.0309. The minimum atomic E-state index is -0.425. The Morgan fingerprint density at radius 3 is 2.00 bits per heavy atom. The fraction of sp³-hybridized carbons (Fsp3) is 0. The van der Waals surface area contributed by atoms with E-state index in [1.165, 1.54) is 51.5 Å². The molecule has 11 heteroatoms. The summed E-state index contributed by atoms with van der Waals surface area (Å²) >= 11 is 4.18. The van der Waals surface area contributed by atoms with Crippen LogP contribution in [0.15, 0.2) is 69.3 Å². The number of non-ortho nitro benzene ring substituents is 1. The second kappa shape index (κ2) is 7.44. The zero-order valence-corrected chi connectivity index (χ0v) is 18.9. The first kappa shape index (κ1) is 20.0. The van der Waals surface area contributed by atoms with Crippen molar-refractivity contribution in [1.29, 1.82) is 0 Å². The number of amides is 2. The lowest BCUT2D eigenvalue weighted by atomic mass is 10.1. The van der Waals surface area contributed by atoms with Crippen LogP contribution in [0.4, 0.5) is 11.4 Å². The van der Waals surface area contributed by atoms with Crippen LogP contribution in [-0.4, -0.2) is 26.7 Å². The number of nitro benzene ring substituents is 1. The molecular formula is C22H10N4O4S3. The van der Waals surface area contributed by atoms with Gasteiger partial charge in [0.05, 0.1) is 42.2 Å². The van der Waals surface area contributed by atoms with Crippen LogP contribution < -0.4 is 4.90 Å². The third kappa shape index (κ3) is 3.28. The van der Waals surface area contributed by atoms with Gasteiger partial charge in [0.2, 0.25) is 0 Å². The molecule has 0 bridgehead atoms. The van der Waals surface area contributed by atoms with Gasteiger partial charge in [-0.25, -0.2) is 14.9 Å². The monoisotopic (exact) mass is 490 g/mol. The van der Waals surface area contributed by atoms with Crippen molar-refractivity contribution in [3.8, 4) is 0 Å². The van der Waals surface area contributed by atoms with Gasteiger partial charge in [0.15, 0.2) is 8.68 Å². The Morgan fingerprint density at radius 1 is 0.818 bits per heavy atom. The van der Waals surface area contributed by atoms with Crippen molar-refractivity contribution in [3.63, 3.8) is 0 Å². The first-order valence-electron chi connectivity index (χ1n) is 9.59. The highest BCUT2D eigenvalue weighted by Crippen LogP contribution is 2.40. The summed E-state index contributed by atoms with van der Waals surface area (Å²) < 4.78 is 3.05. The number of thiazole rings is 2. The average molecular weight is 491 g/mol. The summed E-state index contributed by atoms with van der Waals surface area (Å²) in [6.45, 7) is 0. The van der Waals surface area contributed by atoms with Gasteiger partial charge >= 0.3 is 0 Å². The largest absolute Gasteiger partial charge is 0.270 e. The number of aromatic nitrogens is 2. The number of anilines is 1. The average Bonchev–Trinajstić information content (AvgIpc) is 3.47. The minimum Gasteiger partial charge on any atom is -0.268 e. The van der Waals surface area contributed by atoms with Crippen LogP contribution in [-0.2, 0) is 0 Å². The fourth-order valence-corrected chi connectivity index (χ4v) is 7.02. The van der Waals surface area contributed by atoms with Crippen LogP contribution in [0.25, 0.3) is 20.4 Å². The molecule has 1 aliphatic heterocycles. The number of nitro groups is 1. The summed E-state index contributed by atoms with van der Waals surface area (Å²) in [6, 6.07) is 16.7. The molecule has 0 aliphatic carbocycles. The van der Waals surface area contributed by atoms with Gasteiger partial charge in [-0.05, 0) is 48.2 Å².